The Balaban J connectivity index is 1.95. The van der Waals surface area contributed by atoms with Crippen molar-refractivity contribution in [2.45, 2.75) is 13.2 Å². The molecule has 2 N–H and O–H groups in total. The van der Waals surface area contributed by atoms with Crippen molar-refractivity contribution in [3.63, 3.8) is 0 Å². The van der Waals surface area contributed by atoms with E-state index in [1.54, 1.807) is 12.1 Å². The molecule has 0 radical (unpaired) electrons. The highest BCUT2D eigenvalue weighted by Crippen LogP contribution is 2.34. The topological polar surface area (TPSA) is 128 Å². The second kappa shape index (κ2) is 11.5. The van der Waals surface area contributed by atoms with Gasteiger partial charge in [0.05, 0.1) is 12.8 Å². The fraction of sp³-hybridized carbons (Fsp3) is 0.263. The quantitative estimate of drug-likeness (QED) is 0.344. The van der Waals surface area contributed by atoms with Crippen molar-refractivity contribution in [3.8, 4) is 23.0 Å². The molecule has 2 heterocycles. The van der Waals surface area contributed by atoms with E-state index in [9.17, 15) is 8.42 Å². The molecule has 0 amide bonds. The minimum Gasteiger partial charge on any atom is -0.473 e. The minimum atomic E-state index is -5.02. The summed E-state index contributed by atoms with van der Waals surface area (Å²) >= 11 is 6.42. The number of ether oxygens (including phenoxy) is 2. The molecule has 170 valence electrons. The lowest BCUT2D eigenvalue weighted by atomic mass is 10.1. The first-order valence-electron chi connectivity index (χ1n) is 13.0. The van der Waals surface area contributed by atoms with Crippen LogP contribution in [0.1, 0.15) is 25.6 Å². The summed E-state index contributed by atoms with van der Waals surface area (Å²) in [6, 6.07) is 5.95. The molecule has 10 nitrogen and oxygen atoms in total. The van der Waals surface area contributed by atoms with Gasteiger partial charge in [0, 0.05) is 33.0 Å². The van der Waals surface area contributed by atoms with Crippen LogP contribution in [0, 0.1) is 0 Å². The molecule has 0 saturated carbocycles. The fourth-order valence-corrected chi connectivity index (χ4v) is 3.34. The number of hydrogen-bond acceptors (Lipinski definition) is 8. The van der Waals surface area contributed by atoms with Crippen LogP contribution in [0.15, 0.2) is 51.9 Å². The molecule has 0 aliphatic heterocycles. The summed E-state index contributed by atoms with van der Waals surface area (Å²) < 4.78 is 110. The monoisotopic (exact) mass is 595 g/mol. The number of nitrogens with zero attached hydrogens (tertiary/aromatic N) is 4. The van der Waals surface area contributed by atoms with Gasteiger partial charge in [0.25, 0.3) is 10.2 Å². The maximum atomic E-state index is 12.9. The molecule has 2 aromatic heterocycles. The van der Waals surface area contributed by atoms with Crippen molar-refractivity contribution in [3.05, 3.63) is 51.9 Å². The SMILES string of the molecule is [2H]C([2H])(COc1ncnc(NS(=O)(=O)NC([2H])([2H])C([2H])([2H])C([2H])([2H])[2H])c1-c1ccc(Br)cc1)Oc1ncc(Br)cn1. The van der Waals surface area contributed by atoms with E-state index in [-0.39, 0.29) is 23.0 Å². The smallest absolute Gasteiger partial charge is 0.316 e. The number of aromatic nitrogens is 4. The van der Waals surface area contributed by atoms with Gasteiger partial charge in [-0.05, 0) is 40.0 Å². The number of anilines is 1. The Hall–Kier alpha value is -2.35. The van der Waals surface area contributed by atoms with Gasteiger partial charge in [0.1, 0.15) is 19.5 Å². The average Bonchev–Trinajstić information content (AvgIpc) is 2.83. The second-order valence-electron chi connectivity index (χ2n) is 5.59. The number of benzene rings is 1. The molecule has 32 heavy (non-hydrogen) atoms. The van der Waals surface area contributed by atoms with E-state index in [0.29, 0.717) is 8.95 Å². The Morgan fingerprint density at radius 2 is 1.81 bits per heavy atom. The molecular weight excluding hydrogens is 568 g/mol. The molecule has 0 unspecified atom stereocenters. The predicted octanol–water partition coefficient (Wildman–Crippen LogP) is 3.57. The maximum Gasteiger partial charge on any atom is 0.316 e. The van der Waals surface area contributed by atoms with E-state index in [1.165, 1.54) is 29.2 Å². The lowest BCUT2D eigenvalue weighted by molar-refractivity contribution is 0.202. The van der Waals surface area contributed by atoms with E-state index < -0.39 is 48.9 Å². The van der Waals surface area contributed by atoms with Crippen molar-refractivity contribution in [1.82, 2.24) is 24.7 Å². The van der Waals surface area contributed by atoms with Crippen LogP contribution in [-0.2, 0) is 10.2 Å². The lowest BCUT2D eigenvalue weighted by Gasteiger charge is -2.15. The lowest BCUT2D eigenvalue weighted by Crippen LogP contribution is -2.31. The predicted molar refractivity (Wildman–Crippen MR) is 127 cm³/mol. The van der Waals surface area contributed by atoms with Crippen molar-refractivity contribution < 1.29 is 30.2 Å². The average molecular weight is 597 g/mol. The molecule has 0 atom stereocenters. The highest BCUT2D eigenvalue weighted by Gasteiger charge is 2.19. The van der Waals surface area contributed by atoms with Crippen molar-refractivity contribution in [2.75, 3.05) is 24.4 Å². The van der Waals surface area contributed by atoms with Gasteiger partial charge in [-0.15, -0.1) is 0 Å². The Bertz CT molecular complexity index is 1480. The molecule has 13 heteroatoms. The van der Waals surface area contributed by atoms with Crippen LogP contribution >= 0.6 is 31.9 Å². The molecule has 0 aliphatic rings. The van der Waals surface area contributed by atoms with E-state index in [2.05, 4.69) is 51.8 Å². The molecule has 0 fully saturated rings. The van der Waals surface area contributed by atoms with Gasteiger partial charge in [-0.1, -0.05) is 34.9 Å². The molecule has 0 saturated heterocycles. The number of nitrogens with one attached hydrogen (secondary N) is 2. The molecule has 3 rings (SSSR count). The first kappa shape index (κ1) is 14.7. The Labute approximate surface area is 215 Å². The van der Waals surface area contributed by atoms with E-state index in [1.807, 2.05) is 4.72 Å². The highest BCUT2D eigenvalue weighted by atomic mass is 79.9. The molecular formula is C19H20Br2N6O4S. The third-order valence-electron chi connectivity index (χ3n) is 3.45. The van der Waals surface area contributed by atoms with Crippen LogP contribution in [0.5, 0.6) is 11.9 Å². The zero-order valence-corrected chi connectivity index (χ0v) is 19.8. The van der Waals surface area contributed by atoms with Crippen LogP contribution in [-0.4, -0.2) is 48.0 Å². The van der Waals surface area contributed by atoms with Gasteiger partial charge in [0.2, 0.25) is 5.88 Å². The zero-order valence-electron chi connectivity index (χ0n) is 24.8. The summed E-state index contributed by atoms with van der Waals surface area (Å²) in [5, 5.41) is 0. The zero-order chi connectivity index (χ0) is 30.9. The largest absolute Gasteiger partial charge is 0.473 e. The summed E-state index contributed by atoms with van der Waals surface area (Å²) in [4.78, 5) is 15.5. The third kappa shape index (κ3) is 7.08. The van der Waals surface area contributed by atoms with Crippen LogP contribution in [0.2, 0.25) is 0 Å². The minimum absolute atomic E-state index is 0.111. The standard InChI is InChI=1S/C19H20Br2N6O4S/c1-2-7-26-32(28,29)27-17-16(13-3-5-14(20)6-4-13)18(25-12-24-17)30-8-9-31-19-22-10-15(21)11-23-19/h3-6,10-12,26H,2,7-9H2,1H3,(H,24,25,27)/i1D3,2D2,7D2,9D2. The number of rotatable bonds is 11. The summed E-state index contributed by atoms with van der Waals surface area (Å²) in [5.41, 5.74) is 0.167. The van der Waals surface area contributed by atoms with E-state index >= 15 is 0 Å². The van der Waals surface area contributed by atoms with Crippen LogP contribution < -0.4 is 18.9 Å². The van der Waals surface area contributed by atoms with Gasteiger partial charge in [-0.25, -0.2) is 19.9 Å². The first-order chi connectivity index (χ1) is 18.7. The van der Waals surface area contributed by atoms with Gasteiger partial charge in [-0.3, -0.25) is 4.72 Å². The van der Waals surface area contributed by atoms with Gasteiger partial charge in [-0.2, -0.15) is 13.1 Å². The maximum absolute atomic E-state index is 12.9. The fourth-order valence-electron chi connectivity index (χ4n) is 2.22. The van der Waals surface area contributed by atoms with Crippen LogP contribution in [0.4, 0.5) is 5.82 Å². The van der Waals surface area contributed by atoms with Crippen molar-refractivity contribution >= 4 is 47.9 Å². The van der Waals surface area contributed by atoms with Gasteiger partial charge in [0.15, 0.2) is 5.82 Å². The van der Waals surface area contributed by atoms with Crippen LogP contribution in [0.25, 0.3) is 11.1 Å². The highest BCUT2D eigenvalue weighted by molar-refractivity contribution is 9.10. The Morgan fingerprint density at radius 1 is 1.06 bits per heavy atom. The van der Waals surface area contributed by atoms with E-state index in [4.69, 9.17) is 21.8 Å². The Kier molecular flexibility index (Phi) is 5.29. The summed E-state index contributed by atoms with van der Waals surface area (Å²) in [6.07, 6.45) is -0.0605. The second-order valence-corrected chi connectivity index (χ2v) is 8.83. The Morgan fingerprint density at radius 3 is 2.53 bits per heavy atom. The third-order valence-corrected chi connectivity index (χ3v) is 5.22. The van der Waals surface area contributed by atoms with Gasteiger partial charge >= 0.3 is 6.01 Å². The van der Waals surface area contributed by atoms with Crippen molar-refractivity contribution in [1.29, 1.82) is 0 Å². The summed E-state index contributed by atoms with van der Waals surface area (Å²) in [5.74, 6) is -0.794. The molecule has 0 bridgehead atoms. The van der Waals surface area contributed by atoms with Gasteiger partial charge < -0.3 is 9.47 Å². The van der Waals surface area contributed by atoms with Crippen molar-refractivity contribution in [2.24, 2.45) is 0 Å². The molecule has 3 aromatic rings. The number of halogens is 2. The number of hydrogen-bond donors (Lipinski definition) is 2. The summed E-state index contributed by atoms with van der Waals surface area (Å²) in [7, 11) is -5.02. The first-order valence-corrected chi connectivity index (χ1v) is 11.5. The molecule has 1 aromatic carbocycles. The van der Waals surface area contributed by atoms with E-state index in [0.717, 1.165) is 6.33 Å². The molecule has 0 aliphatic carbocycles. The normalized spacial score (nSPS) is 17.1. The molecule has 0 spiro atoms. The van der Waals surface area contributed by atoms with Crippen LogP contribution in [0.3, 0.4) is 0 Å². The summed E-state index contributed by atoms with van der Waals surface area (Å²) in [6.45, 7) is -10.4.